The van der Waals surface area contributed by atoms with Gasteiger partial charge in [-0.3, -0.25) is 4.99 Å². The van der Waals surface area contributed by atoms with E-state index in [9.17, 15) is 0 Å². The molecule has 2 fully saturated rings. The molecular weight excluding hydrogens is 441 g/mol. The number of nitrogens with zero attached hydrogens (tertiary/aromatic N) is 3. The number of nitrogens with one attached hydrogen (secondary N) is 2. The molecule has 2 bridgehead atoms. The summed E-state index contributed by atoms with van der Waals surface area (Å²) < 4.78 is 5.24. The number of rotatable bonds is 5. The lowest BCUT2D eigenvalue weighted by molar-refractivity contribution is 0.0526. The molecule has 2 atom stereocenters. The Morgan fingerprint density at radius 1 is 1.27 bits per heavy atom. The summed E-state index contributed by atoms with van der Waals surface area (Å²) in [5.74, 6) is 1.86. The molecule has 0 spiro atoms. The van der Waals surface area contributed by atoms with Crippen LogP contribution in [-0.4, -0.2) is 54.3 Å². The summed E-state index contributed by atoms with van der Waals surface area (Å²) in [7, 11) is 2.30. The van der Waals surface area contributed by atoms with Gasteiger partial charge in [0.2, 0.25) is 0 Å². The van der Waals surface area contributed by atoms with E-state index in [1.54, 1.807) is 0 Å². The van der Waals surface area contributed by atoms with E-state index >= 15 is 0 Å². The van der Waals surface area contributed by atoms with Gasteiger partial charge in [0.1, 0.15) is 5.76 Å². The van der Waals surface area contributed by atoms with Gasteiger partial charge in [-0.05, 0) is 59.9 Å². The molecule has 26 heavy (non-hydrogen) atoms. The monoisotopic (exact) mass is 475 g/mol. The van der Waals surface area contributed by atoms with Crippen LogP contribution in [0.2, 0.25) is 0 Å². The molecule has 2 saturated heterocycles. The van der Waals surface area contributed by atoms with Crippen molar-refractivity contribution in [1.29, 1.82) is 0 Å². The summed E-state index contributed by atoms with van der Waals surface area (Å²) >= 11 is 0. The van der Waals surface area contributed by atoms with Gasteiger partial charge in [0.25, 0.3) is 0 Å². The number of hydrogen-bond donors (Lipinski definition) is 2. The number of guanidine groups is 1. The van der Waals surface area contributed by atoms with Gasteiger partial charge in [-0.1, -0.05) is 11.6 Å². The summed E-state index contributed by atoms with van der Waals surface area (Å²) in [6.07, 6.45) is 7.38. The number of fused-ring (bicyclic) bond motifs is 2. The molecule has 3 heterocycles. The lowest BCUT2D eigenvalue weighted by Gasteiger charge is -2.47. The predicted molar refractivity (Wildman–Crippen MR) is 116 cm³/mol. The number of hydrogen-bond acceptors (Lipinski definition) is 4. The fourth-order valence-corrected chi connectivity index (χ4v) is 4.39. The van der Waals surface area contributed by atoms with Crippen LogP contribution in [0.15, 0.2) is 9.52 Å². The highest BCUT2D eigenvalue weighted by atomic mass is 127. The van der Waals surface area contributed by atoms with Crippen molar-refractivity contribution in [3.05, 3.63) is 17.0 Å². The Morgan fingerprint density at radius 3 is 2.54 bits per heavy atom. The lowest BCUT2D eigenvalue weighted by Crippen LogP contribution is -2.56. The Labute approximate surface area is 174 Å². The average Bonchev–Trinajstić information content (AvgIpc) is 2.88. The Balaban J connectivity index is 0.00000243. The van der Waals surface area contributed by atoms with Gasteiger partial charge in [0.05, 0.1) is 5.69 Å². The molecule has 0 aliphatic carbocycles. The second-order valence-corrected chi connectivity index (χ2v) is 7.53. The van der Waals surface area contributed by atoms with Crippen LogP contribution in [0.1, 0.15) is 56.0 Å². The van der Waals surface area contributed by atoms with Crippen LogP contribution in [0, 0.1) is 13.8 Å². The first-order valence-corrected chi connectivity index (χ1v) is 9.77. The SMILES string of the molecule is CCNC(=NCCc1c(C)noc1C)NC1CC2CCCC(C1)N2C.I. The highest BCUT2D eigenvalue weighted by molar-refractivity contribution is 14.0. The second-order valence-electron chi connectivity index (χ2n) is 7.53. The summed E-state index contributed by atoms with van der Waals surface area (Å²) in [5, 5.41) is 11.1. The molecule has 0 radical (unpaired) electrons. The van der Waals surface area contributed by atoms with E-state index in [0.29, 0.717) is 6.04 Å². The highest BCUT2D eigenvalue weighted by Crippen LogP contribution is 2.32. The molecule has 3 rings (SSSR count). The number of piperidine rings is 2. The minimum Gasteiger partial charge on any atom is -0.361 e. The third kappa shape index (κ3) is 5.12. The quantitative estimate of drug-likeness (QED) is 0.390. The molecule has 0 amide bonds. The molecule has 1 aromatic heterocycles. The van der Waals surface area contributed by atoms with Crippen LogP contribution in [0.3, 0.4) is 0 Å². The average molecular weight is 475 g/mol. The van der Waals surface area contributed by atoms with Crippen molar-refractivity contribution < 1.29 is 4.52 Å². The van der Waals surface area contributed by atoms with Crippen molar-refractivity contribution in [1.82, 2.24) is 20.7 Å². The second kappa shape index (κ2) is 9.92. The third-order valence-electron chi connectivity index (χ3n) is 5.84. The smallest absolute Gasteiger partial charge is 0.191 e. The molecule has 2 N–H and O–H groups in total. The van der Waals surface area contributed by atoms with Crippen LogP contribution in [0.4, 0.5) is 0 Å². The molecule has 2 unspecified atom stereocenters. The summed E-state index contributed by atoms with van der Waals surface area (Å²) in [4.78, 5) is 7.39. The molecule has 6 nitrogen and oxygen atoms in total. The number of aromatic nitrogens is 1. The van der Waals surface area contributed by atoms with Crippen LogP contribution in [0.5, 0.6) is 0 Å². The zero-order valence-electron chi connectivity index (χ0n) is 16.5. The van der Waals surface area contributed by atoms with Gasteiger partial charge in [-0.15, -0.1) is 24.0 Å². The molecule has 148 valence electrons. The van der Waals surface area contributed by atoms with Crippen LogP contribution >= 0.6 is 24.0 Å². The molecule has 2 aliphatic rings. The van der Waals surface area contributed by atoms with Gasteiger partial charge in [-0.25, -0.2) is 0 Å². The number of aryl methyl sites for hydroxylation is 2. The predicted octanol–water partition coefficient (Wildman–Crippen LogP) is 3.02. The summed E-state index contributed by atoms with van der Waals surface area (Å²) in [6, 6.07) is 1.99. The topological polar surface area (TPSA) is 65.7 Å². The summed E-state index contributed by atoms with van der Waals surface area (Å²) in [5.41, 5.74) is 2.17. The highest BCUT2D eigenvalue weighted by Gasteiger charge is 2.36. The fourth-order valence-electron chi connectivity index (χ4n) is 4.39. The molecule has 0 saturated carbocycles. The van der Waals surface area contributed by atoms with E-state index < -0.39 is 0 Å². The Morgan fingerprint density at radius 2 is 1.96 bits per heavy atom. The minimum absolute atomic E-state index is 0. The van der Waals surface area contributed by atoms with E-state index in [2.05, 4.69) is 34.7 Å². The van der Waals surface area contributed by atoms with E-state index in [1.165, 1.54) is 37.7 Å². The van der Waals surface area contributed by atoms with Gasteiger partial charge >= 0.3 is 0 Å². The Hall–Kier alpha value is -0.830. The third-order valence-corrected chi connectivity index (χ3v) is 5.84. The zero-order chi connectivity index (χ0) is 17.8. The number of aliphatic imine (C=N–C) groups is 1. The van der Waals surface area contributed by atoms with Gasteiger partial charge in [0, 0.05) is 36.8 Å². The Bertz CT molecular complexity index is 569. The largest absolute Gasteiger partial charge is 0.361 e. The van der Waals surface area contributed by atoms with Crippen molar-refractivity contribution in [2.45, 2.75) is 77.4 Å². The molecule has 1 aromatic rings. The maximum atomic E-state index is 5.24. The van der Waals surface area contributed by atoms with Crippen molar-refractivity contribution in [2.75, 3.05) is 20.1 Å². The standard InChI is InChI=1S/C19H33N5O.HI/c1-5-20-19(21-10-9-18-13(2)23-25-14(18)3)22-15-11-16-7-6-8-17(12-15)24(16)4;/h15-17H,5-12H2,1-4H3,(H2,20,21,22);1H. The van der Waals surface area contributed by atoms with E-state index in [1.807, 2.05) is 13.8 Å². The number of halogens is 1. The first-order chi connectivity index (χ1) is 12.1. The van der Waals surface area contributed by atoms with Gasteiger partial charge < -0.3 is 20.1 Å². The molecule has 2 aliphatic heterocycles. The van der Waals surface area contributed by atoms with Crippen LogP contribution in [0.25, 0.3) is 0 Å². The first kappa shape index (κ1) is 21.5. The van der Waals surface area contributed by atoms with Crippen LogP contribution in [-0.2, 0) is 6.42 Å². The molecule has 0 aromatic carbocycles. The zero-order valence-corrected chi connectivity index (χ0v) is 18.9. The molecular formula is C19H34IN5O. The van der Waals surface area contributed by atoms with E-state index in [4.69, 9.17) is 9.52 Å². The maximum Gasteiger partial charge on any atom is 0.191 e. The molecule has 7 heteroatoms. The van der Waals surface area contributed by atoms with Crippen LogP contribution < -0.4 is 10.6 Å². The minimum atomic E-state index is 0. The fraction of sp³-hybridized carbons (Fsp3) is 0.789. The lowest BCUT2D eigenvalue weighted by atomic mass is 9.82. The van der Waals surface area contributed by atoms with E-state index in [0.717, 1.165) is 49.0 Å². The summed E-state index contributed by atoms with van der Waals surface area (Å²) in [6.45, 7) is 7.72. The van der Waals surface area contributed by atoms with Crippen molar-refractivity contribution in [2.24, 2.45) is 4.99 Å². The van der Waals surface area contributed by atoms with Crippen molar-refractivity contribution in [3.63, 3.8) is 0 Å². The van der Waals surface area contributed by atoms with Gasteiger partial charge in [0.15, 0.2) is 5.96 Å². The first-order valence-electron chi connectivity index (χ1n) is 9.77. The van der Waals surface area contributed by atoms with Crippen molar-refractivity contribution >= 4 is 29.9 Å². The Kier molecular flexibility index (Phi) is 8.19. The van der Waals surface area contributed by atoms with Gasteiger partial charge in [-0.2, -0.15) is 0 Å². The maximum absolute atomic E-state index is 5.24. The van der Waals surface area contributed by atoms with E-state index in [-0.39, 0.29) is 24.0 Å². The van der Waals surface area contributed by atoms with Crippen molar-refractivity contribution in [3.8, 4) is 0 Å². The normalized spacial score (nSPS) is 26.3.